The second-order valence-electron chi connectivity index (χ2n) is 9.38. The normalized spacial score (nSPS) is 16.2. The van der Waals surface area contributed by atoms with E-state index in [1.165, 1.54) is 41.4 Å². The number of hydrazine groups is 1. The molecule has 0 radical (unpaired) electrons. The second kappa shape index (κ2) is 11.5. The zero-order chi connectivity index (χ0) is 27.4. The average molecular weight is 545 g/mol. The number of benzene rings is 2. The summed E-state index contributed by atoms with van der Waals surface area (Å²) < 4.78 is 38.5. The summed E-state index contributed by atoms with van der Waals surface area (Å²) in [4.78, 5) is 31.1. The summed E-state index contributed by atoms with van der Waals surface area (Å²) in [5, 5.41) is 6.76. The zero-order valence-corrected chi connectivity index (χ0v) is 22.5. The van der Waals surface area contributed by atoms with Crippen molar-refractivity contribution in [1.29, 1.82) is 0 Å². The van der Waals surface area contributed by atoms with E-state index >= 15 is 0 Å². The van der Waals surface area contributed by atoms with Gasteiger partial charge in [0.1, 0.15) is 28.6 Å². The van der Waals surface area contributed by atoms with Gasteiger partial charge in [0.25, 0.3) is 5.91 Å². The Morgan fingerprint density at radius 1 is 1.16 bits per heavy atom. The van der Waals surface area contributed by atoms with Gasteiger partial charge in [-0.15, -0.1) is 0 Å². The quantitative estimate of drug-likeness (QED) is 0.405. The molecule has 38 heavy (non-hydrogen) atoms. The van der Waals surface area contributed by atoms with Gasteiger partial charge in [-0.2, -0.15) is 0 Å². The molecule has 2 heterocycles. The highest BCUT2D eigenvalue weighted by Crippen LogP contribution is 2.41. The van der Waals surface area contributed by atoms with E-state index in [1.54, 1.807) is 32.9 Å². The van der Waals surface area contributed by atoms with Crippen LogP contribution in [0.4, 0.5) is 13.9 Å². The number of nitrogens with one attached hydrogen (secondary N) is 1. The molecular weight excluding hydrogens is 514 g/mol. The van der Waals surface area contributed by atoms with Gasteiger partial charge in [-0.05, 0) is 69.3 Å². The number of carbonyl (C=O) groups is 2. The van der Waals surface area contributed by atoms with E-state index in [0.717, 1.165) is 11.3 Å². The first-order valence-corrected chi connectivity index (χ1v) is 13.1. The first kappa shape index (κ1) is 27.6. The maximum Gasteiger partial charge on any atom is 0.253 e. The molecule has 1 N–H and O–H groups in total. The molecule has 2 aromatic carbocycles. The molecule has 3 aromatic rings. The Bertz CT molecular complexity index is 1280. The van der Waals surface area contributed by atoms with Crippen molar-refractivity contribution < 1.29 is 27.8 Å². The zero-order valence-electron chi connectivity index (χ0n) is 21.7. The van der Waals surface area contributed by atoms with Crippen molar-refractivity contribution in [3.05, 3.63) is 60.2 Å². The fourth-order valence-electron chi connectivity index (χ4n) is 4.13. The third kappa shape index (κ3) is 6.17. The van der Waals surface area contributed by atoms with Gasteiger partial charge < -0.3 is 9.47 Å². The Hall–Kier alpha value is -3.41. The van der Waals surface area contributed by atoms with Crippen LogP contribution in [0.5, 0.6) is 10.8 Å². The first-order valence-electron chi connectivity index (χ1n) is 12.3. The van der Waals surface area contributed by atoms with E-state index in [-0.39, 0.29) is 23.6 Å². The highest BCUT2D eigenvalue weighted by molar-refractivity contribution is 7.18. The lowest BCUT2D eigenvalue weighted by molar-refractivity contribution is -0.184. The number of rotatable bonds is 8. The summed E-state index contributed by atoms with van der Waals surface area (Å²) in [6.07, 6.45) is 0.141. The van der Waals surface area contributed by atoms with Crippen LogP contribution in [0.25, 0.3) is 11.3 Å². The summed E-state index contributed by atoms with van der Waals surface area (Å²) in [6, 6.07) is 11.2. The Kier molecular flexibility index (Phi) is 8.39. The standard InChI is InChI=1S/C27H30F2N4O4S/c1-5-22(34)33(32-14-15-36-17(2)16-32)27(3,4)25(35)31-26-30-23(18-6-8-19(28)9-7-18)24(38-26)37-21-12-10-20(29)11-13-21/h6-13,17H,5,14-16H2,1-4H3,(H,30,31,35). The van der Waals surface area contributed by atoms with E-state index in [9.17, 15) is 18.4 Å². The number of amides is 2. The highest BCUT2D eigenvalue weighted by Gasteiger charge is 2.42. The molecule has 8 nitrogen and oxygen atoms in total. The second-order valence-corrected chi connectivity index (χ2v) is 10.3. The Balaban J connectivity index is 1.63. The summed E-state index contributed by atoms with van der Waals surface area (Å²) >= 11 is 1.07. The van der Waals surface area contributed by atoms with Crippen LogP contribution < -0.4 is 10.1 Å². The largest absolute Gasteiger partial charge is 0.444 e. The van der Waals surface area contributed by atoms with E-state index in [1.807, 2.05) is 11.9 Å². The number of halogens is 2. The van der Waals surface area contributed by atoms with Gasteiger partial charge in [0.15, 0.2) is 5.13 Å². The number of carbonyl (C=O) groups excluding carboxylic acids is 2. The molecule has 1 atom stereocenters. The predicted molar refractivity (Wildman–Crippen MR) is 141 cm³/mol. The smallest absolute Gasteiger partial charge is 0.253 e. The Labute approximate surface area is 224 Å². The van der Waals surface area contributed by atoms with Gasteiger partial charge in [-0.1, -0.05) is 18.3 Å². The minimum atomic E-state index is -1.25. The van der Waals surface area contributed by atoms with Crippen molar-refractivity contribution in [3.63, 3.8) is 0 Å². The summed E-state index contributed by atoms with van der Waals surface area (Å²) in [5.41, 5.74) is -0.287. The molecule has 1 aromatic heterocycles. The number of hydrogen-bond donors (Lipinski definition) is 1. The number of aromatic nitrogens is 1. The van der Waals surface area contributed by atoms with Gasteiger partial charge in [0.05, 0.1) is 12.7 Å². The summed E-state index contributed by atoms with van der Waals surface area (Å²) in [6.45, 7) is 8.44. The molecule has 2 amide bonds. The predicted octanol–water partition coefficient (Wildman–Crippen LogP) is 5.47. The molecule has 202 valence electrons. The maximum absolute atomic E-state index is 13.6. The molecule has 11 heteroatoms. The van der Waals surface area contributed by atoms with Crippen LogP contribution in [0.2, 0.25) is 0 Å². The monoisotopic (exact) mass is 544 g/mol. The van der Waals surface area contributed by atoms with Crippen LogP contribution in [-0.2, 0) is 14.3 Å². The van der Waals surface area contributed by atoms with Crippen LogP contribution in [0.1, 0.15) is 34.1 Å². The van der Waals surface area contributed by atoms with Crippen LogP contribution in [0.3, 0.4) is 0 Å². The van der Waals surface area contributed by atoms with E-state index < -0.39 is 23.1 Å². The average Bonchev–Trinajstić information content (AvgIpc) is 3.27. The number of morpholine rings is 1. The van der Waals surface area contributed by atoms with Crippen LogP contribution in [0.15, 0.2) is 48.5 Å². The van der Waals surface area contributed by atoms with Crippen LogP contribution in [0, 0.1) is 11.6 Å². The summed E-state index contributed by atoms with van der Waals surface area (Å²) in [5.74, 6) is -1.07. The lowest BCUT2D eigenvalue weighted by Gasteiger charge is -2.46. The van der Waals surface area contributed by atoms with Gasteiger partial charge in [-0.3, -0.25) is 19.9 Å². The van der Waals surface area contributed by atoms with E-state index in [0.29, 0.717) is 41.8 Å². The van der Waals surface area contributed by atoms with Crippen molar-refractivity contribution in [3.8, 4) is 22.1 Å². The number of hydrogen-bond acceptors (Lipinski definition) is 7. The van der Waals surface area contributed by atoms with E-state index in [4.69, 9.17) is 9.47 Å². The third-order valence-electron chi connectivity index (χ3n) is 6.08. The molecule has 4 rings (SSSR count). The molecule has 1 fully saturated rings. The highest BCUT2D eigenvalue weighted by atomic mass is 32.1. The number of thiazole rings is 1. The molecule has 0 bridgehead atoms. The third-order valence-corrected chi connectivity index (χ3v) is 6.93. The lowest BCUT2D eigenvalue weighted by atomic mass is 10.0. The lowest BCUT2D eigenvalue weighted by Crippen LogP contribution is -2.64. The molecule has 1 saturated heterocycles. The minimum Gasteiger partial charge on any atom is -0.444 e. The SMILES string of the molecule is CCC(=O)N(N1CCOC(C)C1)C(C)(C)C(=O)Nc1nc(-c2ccc(F)cc2)c(Oc2ccc(F)cc2)s1. The fourth-order valence-corrected chi connectivity index (χ4v) is 4.98. The van der Waals surface area contributed by atoms with Crippen molar-refractivity contribution in [2.24, 2.45) is 0 Å². The number of ether oxygens (including phenoxy) is 2. The van der Waals surface area contributed by atoms with Crippen LogP contribution >= 0.6 is 11.3 Å². The molecular formula is C27H30F2N4O4S. The van der Waals surface area contributed by atoms with Crippen molar-refractivity contribution in [1.82, 2.24) is 15.0 Å². The van der Waals surface area contributed by atoms with Crippen molar-refractivity contribution in [2.45, 2.75) is 45.8 Å². The number of nitrogens with zero attached hydrogens (tertiary/aromatic N) is 3. The van der Waals surface area contributed by atoms with Crippen molar-refractivity contribution >= 4 is 28.3 Å². The van der Waals surface area contributed by atoms with Gasteiger partial charge in [-0.25, -0.2) is 18.8 Å². The van der Waals surface area contributed by atoms with Gasteiger partial charge >= 0.3 is 0 Å². The first-order chi connectivity index (χ1) is 18.1. The molecule has 0 saturated carbocycles. The number of anilines is 1. The van der Waals surface area contributed by atoms with Gasteiger partial charge in [0, 0.05) is 25.1 Å². The van der Waals surface area contributed by atoms with E-state index in [2.05, 4.69) is 10.3 Å². The Morgan fingerprint density at radius 3 is 2.39 bits per heavy atom. The topological polar surface area (TPSA) is 84.0 Å². The molecule has 1 aliphatic heterocycles. The Morgan fingerprint density at radius 2 is 1.79 bits per heavy atom. The van der Waals surface area contributed by atoms with Gasteiger partial charge in [0.2, 0.25) is 11.0 Å². The fraction of sp³-hybridized carbons (Fsp3) is 0.370. The maximum atomic E-state index is 13.6. The summed E-state index contributed by atoms with van der Waals surface area (Å²) in [7, 11) is 0. The molecule has 1 aliphatic rings. The molecule has 0 spiro atoms. The molecule has 0 aliphatic carbocycles. The van der Waals surface area contributed by atoms with Crippen molar-refractivity contribution in [2.75, 3.05) is 25.0 Å². The van der Waals surface area contributed by atoms with Crippen LogP contribution in [-0.4, -0.2) is 58.2 Å². The molecule has 1 unspecified atom stereocenters. The minimum absolute atomic E-state index is 0.0850.